The Labute approximate surface area is 177 Å². The molecule has 1 saturated carbocycles. The lowest BCUT2D eigenvalue weighted by Gasteiger charge is -2.48. The standard InChI is InChI=1S/C22H29ClN4O2/c1-17-20(15-25-27(17)19-7-5-6-18(23)14-19)21(28)24-16-22(8-3-2-4-9-22)26-10-12-29-13-11-26/h5-7,14-15H,2-4,8-13,16H2,1H3,(H,24,28). The van der Waals surface area contributed by atoms with Gasteiger partial charge in [0.25, 0.3) is 5.91 Å². The SMILES string of the molecule is Cc1c(C(=O)NCC2(N3CCOCC3)CCCCC2)cnn1-c1cccc(Cl)c1. The highest BCUT2D eigenvalue weighted by molar-refractivity contribution is 6.30. The second-order valence-electron chi connectivity index (χ2n) is 8.10. The van der Waals surface area contributed by atoms with Crippen LogP contribution in [-0.2, 0) is 4.74 Å². The van der Waals surface area contributed by atoms with Crippen molar-refractivity contribution in [1.29, 1.82) is 0 Å². The number of rotatable bonds is 5. The molecule has 2 fully saturated rings. The second-order valence-corrected chi connectivity index (χ2v) is 8.54. The van der Waals surface area contributed by atoms with Crippen molar-refractivity contribution in [2.75, 3.05) is 32.8 Å². The van der Waals surface area contributed by atoms with E-state index in [1.165, 1.54) is 19.3 Å². The molecule has 7 heteroatoms. The van der Waals surface area contributed by atoms with Gasteiger partial charge in [-0.1, -0.05) is 36.9 Å². The third kappa shape index (κ3) is 4.34. The highest BCUT2D eigenvalue weighted by Gasteiger charge is 2.39. The quantitative estimate of drug-likeness (QED) is 0.809. The van der Waals surface area contributed by atoms with E-state index in [4.69, 9.17) is 16.3 Å². The summed E-state index contributed by atoms with van der Waals surface area (Å²) in [6.45, 7) is 6.04. The number of nitrogens with one attached hydrogen (secondary N) is 1. The van der Waals surface area contributed by atoms with Gasteiger partial charge in [-0.15, -0.1) is 0 Å². The Morgan fingerprint density at radius 3 is 2.72 bits per heavy atom. The maximum absolute atomic E-state index is 13.0. The van der Waals surface area contributed by atoms with Gasteiger partial charge in [-0.05, 0) is 38.0 Å². The maximum atomic E-state index is 13.0. The Balaban J connectivity index is 1.48. The molecular formula is C22H29ClN4O2. The van der Waals surface area contributed by atoms with Crippen LogP contribution in [0.1, 0.15) is 48.2 Å². The topological polar surface area (TPSA) is 59.4 Å². The maximum Gasteiger partial charge on any atom is 0.254 e. The average molecular weight is 417 g/mol. The van der Waals surface area contributed by atoms with Crippen LogP contribution in [0.25, 0.3) is 5.69 Å². The molecule has 29 heavy (non-hydrogen) atoms. The molecule has 0 spiro atoms. The van der Waals surface area contributed by atoms with Crippen molar-refractivity contribution in [3.8, 4) is 5.69 Å². The van der Waals surface area contributed by atoms with E-state index in [2.05, 4.69) is 15.3 Å². The summed E-state index contributed by atoms with van der Waals surface area (Å²) in [5, 5.41) is 8.29. The molecule has 6 nitrogen and oxygen atoms in total. The molecule has 1 aliphatic carbocycles. The molecule has 2 aromatic rings. The summed E-state index contributed by atoms with van der Waals surface area (Å²) < 4.78 is 7.31. The van der Waals surface area contributed by atoms with E-state index in [9.17, 15) is 4.79 Å². The first-order valence-electron chi connectivity index (χ1n) is 10.5. The lowest BCUT2D eigenvalue weighted by Crippen LogP contribution is -2.59. The Morgan fingerprint density at radius 1 is 1.24 bits per heavy atom. The molecule has 2 aliphatic rings. The van der Waals surface area contributed by atoms with Gasteiger partial charge in [-0.3, -0.25) is 9.69 Å². The molecule has 1 saturated heterocycles. The summed E-state index contributed by atoms with van der Waals surface area (Å²) >= 11 is 6.11. The molecule has 0 atom stereocenters. The van der Waals surface area contributed by atoms with Gasteiger partial charge in [-0.25, -0.2) is 4.68 Å². The lowest BCUT2D eigenvalue weighted by molar-refractivity contribution is -0.0361. The van der Waals surface area contributed by atoms with E-state index in [0.29, 0.717) is 17.1 Å². The number of hydrogen-bond donors (Lipinski definition) is 1. The van der Waals surface area contributed by atoms with Crippen LogP contribution in [0, 0.1) is 6.92 Å². The zero-order valence-electron chi connectivity index (χ0n) is 17.0. The number of morpholine rings is 1. The van der Waals surface area contributed by atoms with Crippen LogP contribution < -0.4 is 5.32 Å². The van der Waals surface area contributed by atoms with E-state index in [-0.39, 0.29) is 11.4 Å². The number of carbonyl (C=O) groups is 1. The second kappa shape index (κ2) is 8.86. The monoisotopic (exact) mass is 416 g/mol. The molecule has 1 N–H and O–H groups in total. The van der Waals surface area contributed by atoms with Crippen LogP contribution in [-0.4, -0.2) is 59.0 Å². The van der Waals surface area contributed by atoms with Crippen LogP contribution in [0.3, 0.4) is 0 Å². The van der Waals surface area contributed by atoms with Crippen molar-refractivity contribution < 1.29 is 9.53 Å². The molecule has 4 rings (SSSR count). The minimum Gasteiger partial charge on any atom is -0.379 e. The Kier molecular flexibility index (Phi) is 6.23. The highest BCUT2D eigenvalue weighted by atomic mass is 35.5. The van der Waals surface area contributed by atoms with Gasteiger partial charge in [0.1, 0.15) is 0 Å². The lowest BCUT2D eigenvalue weighted by atomic mass is 9.79. The summed E-state index contributed by atoms with van der Waals surface area (Å²) in [7, 11) is 0. The van der Waals surface area contributed by atoms with Gasteiger partial charge in [-0.2, -0.15) is 5.10 Å². The molecule has 0 radical (unpaired) electrons. The molecule has 0 bridgehead atoms. The summed E-state index contributed by atoms with van der Waals surface area (Å²) in [5.74, 6) is -0.0611. The zero-order chi connectivity index (χ0) is 20.3. The van der Waals surface area contributed by atoms with Gasteiger partial charge < -0.3 is 10.1 Å². The third-order valence-electron chi connectivity index (χ3n) is 6.35. The largest absolute Gasteiger partial charge is 0.379 e. The minimum atomic E-state index is -0.0611. The van der Waals surface area contributed by atoms with Crippen LogP contribution in [0.15, 0.2) is 30.5 Å². The molecular weight excluding hydrogens is 388 g/mol. The fourth-order valence-electron chi connectivity index (χ4n) is 4.69. The van der Waals surface area contributed by atoms with E-state index < -0.39 is 0 Å². The first kappa shape index (κ1) is 20.4. The van der Waals surface area contributed by atoms with E-state index in [1.54, 1.807) is 10.9 Å². The van der Waals surface area contributed by atoms with Crippen molar-refractivity contribution in [2.45, 2.75) is 44.6 Å². The van der Waals surface area contributed by atoms with Gasteiger partial charge >= 0.3 is 0 Å². The fourth-order valence-corrected chi connectivity index (χ4v) is 4.88. The first-order chi connectivity index (χ1) is 14.1. The molecule has 0 unspecified atom stereocenters. The number of benzene rings is 1. The number of nitrogens with zero attached hydrogens (tertiary/aromatic N) is 3. The first-order valence-corrected chi connectivity index (χ1v) is 10.9. The number of halogens is 1. The van der Waals surface area contributed by atoms with Crippen molar-refractivity contribution >= 4 is 17.5 Å². The minimum absolute atomic E-state index is 0.0501. The molecule has 2 heterocycles. The van der Waals surface area contributed by atoms with Crippen LogP contribution >= 0.6 is 11.6 Å². The number of hydrogen-bond acceptors (Lipinski definition) is 4. The van der Waals surface area contributed by atoms with Crippen molar-refractivity contribution in [1.82, 2.24) is 20.0 Å². The van der Waals surface area contributed by atoms with Gasteiger partial charge in [0.2, 0.25) is 0 Å². The van der Waals surface area contributed by atoms with Gasteiger partial charge in [0.15, 0.2) is 0 Å². The number of amides is 1. The van der Waals surface area contributed by atoms with E-state index in [0.717, 1.165) is 50.5 Å². The Bertz CT molecular complexity index is 854. The molecule has 1 amide bonds. The van der Waals surface area contributed by atoms with Gasteiger partial charge in [0, 0.05) is 30.2 Å². The smallest absolute Gasteiger partial charge is 0.254 e. The molecule has 1 aromatic carbocycles. The number of carbonyl (C=O) groups excluding carboxylic acids is 1. The van der Waals surface area contributed by atoms with Crippen LogP contribution in [0.5, 0.6) is 0 Å². The summed E-state index contributed by atoms with van der Waals surface area (Å²) in [6.07, 6.45) is 7.64. The highest BCUT2D eigenvalue weighted by Crippen LogP contribution is 2.34. The summed E-state index contributed by atoms with van der Waals surface area (Å²) in [4.78, 5) is 15.6. The zero-order valence-corrected chi connectivity index (χ0v) is 17.7. The van der Waals surface area contributed by atoms with Crippen molar-refractivity contribution in [3.05, 3.63) is 46.7 Å². The summed E-state index contributed by atoms with van der Waals surface area (Å²) in [5.41, 5.74) is 2.33. The normalized spacial score (nSPS) is 19.8. The molecule has 1 aromatic heterocycles. The van der Waals surface area contributed by atoms with E-state index >= 15 is 0 Å². The number of aromatic nitrogens is 2. The van der Waals surface area contributed by atoms with Crippen LogP contribution in [0.2, 0.25) is 5.02 Å². The average Bonchev–Trinajstić information content (AvgIpc) is 3.15. The van der Waals surface area contributed by atoms with Gasteiger partial charge in [0.05, 0.1) is 36.4 Å². The van der Waals surface area contributed by atoms with Crippen LogP contribution in [0.4, 0.5) is 0 Å². The fraction of sp³-hybridized carbons (Fsp3) is 0.545. The number of ether oxygens (including phenoxy) is 1. The predicted octanol–water partition coefficient (Wildman–Crippen LogP) is 3.60. The predicted molar refractivity (Wildman–Crippen MR) is 114 cm³/mol. The third-order valence-corrected chi connectivity index (χ3v) is 6.59. The van der Waals surface area contributed by atoms with Crippen molar-refractivity contribution in [2.24, 2.45) is 0 Å². The Hall–Kier alpha value is -1.89. The summed E-state index contributed by atoms with van der Waals surface area (Å²) in [6, 6.07) is 7.49. The van der Waals surface area contributed by atoms with Crippen molar-refractivity contribution in [3.63, 3.8) is 0 Å². The Morgan fingerprint density at radius 2 is 2.00 bits per heavy atom. The molecule has 1 aliphatic heterocycles. The molecule has 156 valence electrons. The van der Waals surface area contributed by atoms with E-state index in [1.807, 2.05) is 31.2 Å².